The molecule has 0 fully saturated rings. The molecule has 0 bridgehead atoms. The number of carboxylic acid groups (broad SMARTS) is 1. The maximum atomic E-state index is 11.5. The Kier molecular flexibility index (Phi) is 3.06. The first-order chi connectivity index (χ1) is 9.66. The first kappa shape index (κ1) is 12.5. The molecule has 0 unspecified atom stereocenters. The second-order valence-corrected chi connectivity index (χ2v) is 4.92. The van der Waals surface area contributed by atoms with Crippen molar-refractivity contribution in [3.05, 3.63) is 65.2 Å². The molecule has 2 N–H and O–H groups in total. The summed E-state index contributed by atoms with van der Waals surface area (Å²) < 4.78 is 0. The zero-order valence-corrected chi connectivity index (χ0v) is 10.9. The molecular weight excluding hydrogens is 254 g/mol. The molecule has 0 aliphatic carbocycles. The van der Waals surface area contributed by atoms with Crippen LogP contribution in [0, 0.1) is 0 Å². The zero-order chi connectivity index (χ0) is 14.1. The second kappa shape index (κ2) is 4.89. The highest BCUT2D eigenvalue weighted by Gasteiger charge is 2.31. The van der Waals surface area contributed by atoms with Gasteiger partial charge in [0.1, 0.15) is 5.75 Å². The van der Waals surface area contributed by atoms with E-state index in [4.69, 9.17) is 0 Å². The van der Waals surface area contributed by atoms with E-state index in [2.05, 4.69) is 0 Å². The molecule has 1 heterocycles. The van der Waals surface area contributed by atoms with E-state index in [1.54, 1.807) is 24.3 Å². The van der Waals surface area contributed by atoms with Gasteiger partial charge in [0.15, 0.2) is 0 Å². The molecule has 1 aliphatic rings. The zero-order valence-electron chi connectivity index (χ0n) is 10.9. The minimum atomic E-state index is -0.919. The van der Waals surface area contributed by atoms with Gasteiger partial charge in [-0.15, -0.1) is 0 Å². The van der Waals surface area contributed by atoms with Crippen molar-refractivity contribution in [3.8, 4) is 5.75 Å². The third-order valence-electron chi connectivity index (χ3n) is 3.74. The van der Waals surface area contributed by atoms with Crippen LogP contribution in [0.3, 0.4) is 0 Å². The molecule has 0 saturated carbocycles. The Balaban J connectivity index is 2.11. The molecule has 0 saturated heterocycles. The SMILES string of the molecule is O=C(O)N1CCc2ccccc2[C@@H]1c1ccc(O)cc1. The minimum Gasteiger partial charge on any atom is -0.508 e. The number of fused-ring (bicyclic) bond motifs is 1. The van der Waals surface area contributed by atoms with Crippen LogP contribution in [-0.2, 0) is 6.42 Å². The molecule has 2 aromatic rings. The molecule has 3 rings (SSSR count). The van der Waals surface area contributed by atoms with Gasteiger partial charge in [-0.05, 0) is 35.2 Å². The van der Waals surface area contributed by atoms with E-state index in [0.29, 0.717) is 6.54 Å². The van der Waals surface area contributed by atoms with E-state index >= 15 is 0 Å². The summed E-state index contributed by atoms with van der Waals surface area (Å²) in [5.41, 5.74) is 3.08. The average Bonchev–Trinajstić information content (AvgIpc) is 2.47. The van der Waals surface area contributed by atoms with Gasteiger partial charge in [0, 0.05) is 6.54 Å². The topological polar surface area (TPSA) is 60.8 Å². The lowest BCUT2D eigenvalue weighted by molar-refractivity contribution is 0.129. The van der Waals surface area contributed by atoms with Crippen LogP contribution in [0.25, 0.3) is 0 Å². The number of rotatable bonds is 1. The predicted octanol–water partition coefficient (Wildman–Crippen LogP) is 3.02. The molecule has 1 amide bonds. The Morgan fingerprint density at radius 2 is 1.80 bits per heavy atom. The maximum Gasteiger partial charge on any atom is 0.408 e. The lowest BCUT2D eigenvalue weighted by atomic mass is 9.88. The Labute approximate surface area is 116 Å². The Bertz CT molecular complexity index is 636. The molecule has 2 aromatic carbocycles. The third kappa shape index (κ3) is 2.09. The molecular formula is C16H15NO3. The smallest absolute Gasteiger partial charge is 0.408 e. The summed E-state index contributed by atoms with van der Waals surface area (Å²) in [6, 6.07) is 14.3. The normalized spacial score (nSPS) is 17.6. The molecule has 4 heteroatoms. The Morgan fingerprint density at radius 1 is 1.10 bits per heavy atom. The molecule has 20 heavy (non-hydrogen) atoms. The van der Waals surface area contributed by atoms with E-state index in [1.807, 2.05) is 24.3 Å². The van der Waals surface area contributed by atoms with Gasteiger partial charge in [0.05, 0.1) is 6.04 Å². The molecule has 102 valence electrons. The highest BCUT2D eigenvalue weighted by molar-refractivity contribution is 5.67. The van der Waals surface area contributed by atoms with Crippen molar-refractivity contribution in [2.45, 2.75) is 12.5 Å². The molecule has 0 aromatic heterocycles. The fourth-order valence-electron chi connectivity index (χ4n) is 2.79. The summed E-state index contributed by atoms with van der Waals surface area (Å²) in [6.45, 7) is 0.484. The number of hydrogen-bond donors (Lipinski definition) is 2. The second-order valence-electron chi connectivity index (χ2n) is 4.92. The lowest BCUT2D eigenvalue weighted by Gasteiger charge is -2.35. The molecule has 1 aliphatic heterocycles. The van der Waals surface area contributed by atoms with Crippen molar-refractivity contribution in [2.24, 2.45) is 0 Å². The van der Waals surface area contributed by atoms with Crippen LogP contribution in [0.4, 0.5) is 4.79 Å². The van der Waals surface area contributed by atoms with Crippen LogP contribution in [0.2, 0.25) is 0 Å². The number of amides is 1. The summed E-state index contributed by atoms with van der Waals surface area (Å²) >= 11 is 0. The lowest BCUT2D eigenvalue weighted by Crippen LogP contribution is -2.39. The number of aromatic hydroxyl groups is 1. The fraction of sp³-hybridized carbons (Fsp3) is 0.188. The van der Waals surface area contributed by atoms with Gasteiger partial charge in [0.25, 0.3) is 0 Å². The molecule has 0 radical (unpaired) electrons. The summed E-state index contributed by atoms with van der Waals surface area (Å²) in [4.78, 5) is 12.9. The molecule has 1 atom stereocenters. The van der Waals surface area contributed by atoms with Crippen LogP contribution in [0.5, 0.6) is 5.75 Å². The number of phenols is 1. The van der Waals surface area contributed by atoms with Gasteiger partial charge in [-0.3, -0.25) is 4.90 Å². The standard InChI is InChI=1S/C16H15NO3/c18-13-7-5-12(6-8-13)15-14-4-2-1-3-11(14)9-10-17(15)16(19)20/h1-8,15,18H,9-10H2,(H,19,20)/t15-/m0/s1. The van der Waals surface area contributed by atoms with Crippen LogP contribution in [0.15, 0.2) is 48.5 Å². The summed E-state index contributed by atoms with van der Waals surface area (Å²) in [5.74, 6) is 0.180. The Hall–Kier alpha value is -2.49. The average molecular weight is 269 g/mol. The van der Waals surface area contributed by atoms with Crippen molar-refractivity contribution >= 4 is 6.09 Å². The van der Waals surface area contributed by atoms with E-state index in [1.165, 1.54) is 10.5 Å². The van der Waals surface area contributed by atoms with Gasteiger partial charge in [-0.1, -0.05) is 36.4 Å². The quantitative estimate of drug-likeness (QED) is 0.836. The maximum absolute atomic E-state index is 11.5. The van der Waals surface area contributed by atoms with E-state index in [9.17, 15) is 15.0 Å². The Morgan fingerprint density at radius 3 is 2.50 bits per heavy atom. The van der Waals surface area contributed by atoms with E-state index in [0.717, 1.165) is 17.5 Å². The van der Waals surface area contributed by atoms with Gasteiger partial charge in [0.2, 0.25) is 0 Å². The number of phenolic OH excluding ortho intramolecular Hbond substituents is 1. The van der Waals surface area contributed by atoms with Gasteiger partial charge < -0.3 is 10.2 Å². The van der Waals surface area contributed by atoms with Gasteiger partial charge >= 0.3 is 6.09 Å². The predicted molar refractivity (Wildman–Crippen MR) is 74.8 cm³/mol. The number of carbonyl (C=O) groups is 1. The van der Waals surface area contributed by atoms with Crippen molar-refractivity contribution in [1.82, 2.24) is 4.90 Å². The monoisotopic (exact) mass is 269 g/mol. The summed E-state index contributed by atoms with van der Waals surface area (Å²) in [7, 11) is 0. The van der Waals surface area contributed by atoms with E-state index in [-0.39, 0.29) is 11.8 Å². The number of benzene rings is 2. The van der Waals surface area contributed by atoms with Crippen LogP contribution >= 0.6 is 0 Å². The largest absolute Gasteiger partial charge is 0.508 e. The third-order valence-corrected chi connectivity index (χ3v) is 3.74. The van der Waals surface area contributed by atoms with Crippen LogP contribution in [-0.4, -0.2) is 27.8 Å². The molecule has 0 spiro atoms. The first-order valence-electron chi connectivity index (χ1n) is 6.53. The van der Waals surface area contributed by atoms with E-state index < -0.39 is 6.09 Å². The number of hydrogen-bond acceptors (Lipinski definition) is 2. The summed E-state index contributed by atoms with van der Waals surface area (Å²) in [5, 5.41) is 18.8. The minimum absolute atomic E-state index is 0.180. The van der Waals surface area contributed by atoms with Gasteiger partial charge in [-0.25, -0.2) is 4.79 Å². The summed E-state index contributed by atoms with van der Waals surface area (Å²) in [6.07, 6.45) is -0.186. The van der Waals surface area contributed by atoms with Crippen LogP contribution < -0.4 is 0 Å². The van der Waals surface area contributed by atoms with Crippen molar-refractivity contribution in [1.29, 1.82) is 0 Å². The highest BCUT2D eigenvalue weighted by Crippen LogP contribution is 2.35. The highest BCUT2D eigenvalue weighted by atomic mass is 16.4. The number of nitrogens with zero attached hydrogens (tertiary/aromatic N) is 1. The van der Waals surface area contributed by atoms with Crippen molar-refractivity contribution < 1.29 is 15.0 Å². The fourth-order valence-corrected chi connectivity index (χ4v) is 2.79. The van der Waals surface area contributed by atoms with Crippen LogP contribution in [0.1, 0.15) is 22.7 Å². The first-order valence-corrected chi connectivity index (χ1v) is 6.53. The molecule has 4 nitrogen and oxygen atoms in total. The van der Waals surface area contributed by atoms with Crippen molar-refractivity contribution in [2.75, 3.05) is 6.54 Å². The van der Waals surface area contributed by atoms with Crippen molar-refractivity contribution in [3.63, 3.8) is 0 Å². The van der Waals surface area contributed by atoms with Gasteiger partial charge in [-0.2, -0.15) is 0 Å².